The van der Waals surface area contributed by atoms with Crippen LogP contribution in [0, 0.1) is 0 Å². The first kappa shape index (κ1) is 12.6. The second kappa shape index (κ2) is 6.17. The van der Waals surface area contributed by atoms with Crippen molar-refractivity contribution in [1.29, 1.82) is 0 Å². The third-order valence-electron chi connectivity index (χ3n) is 1.85. The fourth-order valence-corrected chi connectivity index (χ4v) is 1.39. The molecule has 0 aliphatic rings. The van der Waals surface area contributed by atoms with Crippen LogP contribution in [0.2, 0.25) is 0 Å². The first-order valence-electron chi connectivity index (χ1n) is 4.87. The Bertz CT molecular complexity index is 393. The van der Waals surface area contributed by atoms with E-state index in [9.17, 15) is 9.59 Å². The lowest BCUT2D eigenvalue weighted by atomic mass is 10.2. The third-order valence-corrected chi connectivity index (χ3v) is 2.24. The summed E-state index contributed by atoms with van der Waals surface area (Å²) in [7, 11) is 0. The quantitative estimate of drug-likeness (QED) is 0.614. The number of carbonyl (C=O) groups is 2. The Balaban J connectivity index is 2.54. The van der Waals surface area contributed by atoms with Gasteiger partial charge in [0.15, 0.2) is 0 Å². The van der Waals surface area contributed by atoms with Crippen molar-refractivity contribution in [3.63, 3.8) is 0 Å². The molecule has 5 heteroatoms. The van der Waals surface area contributed by atoms with E-state index in [2.05, 4.69) is 22.7 Å². The zero-order valence-electron chi connectivity index (χ0n) is 8.90. The number of rotatable bonds is 4. The van der Waals surface area contributed by atoms with Gasteiger partial charge in [-0.2, -0.15) is 0 Å². The van der Waals surface area contributed by atoms with E-state index in [1.165, 1.54) is 0 Å². The van der Waals surface area contributed by atoms with E-state index in [-0.39, 0.29) is 12.5 Å². The monoisotopic (exact) mass is 239 g/mol. The van der Waals surface area contributed by atoms with Crippen LogP contribution in [0.5, 0.6) is 0 Å². The second-order valence-electron chi connectivity index (χ2n) is 3.00. The van der Waals surface area contributed by atoms with E-state index in [1.807, 2.05) is 0 Å². The number of thiol groups is 1. The van der Waals surface area contributed by atoms with Crippen LogP contribution in [0.25, 0.3) is 0 Å². The van der Waals surface area contributed by atoms with Gasteiger partial charge in [-0.15, -0.1) is 12.6 Å². The summed E-state index contributed by atoms with van der Waals surface area (Å²) in [6.45, 7) is 1.88. The van der Waals surface area contributed by atoms with Gasteiger partial charge in [-0.3, -0.25) is 9.59 Å². The Kier molecular flexibility index (Phi) is 4.85. The highest BCUT2D eigenvalue weighted by molar-refractivity contribution is 7.80. The first-order chi connectivity index (χ1) is 7.65. The fraction of sp³-hybridized carbons (Fsp3) is 0.273. The molecule has 0 saturated heterocycles. The molecule has 0 aliphatic heterocycles. The number of nitrogens with one attached hydrogen (secondary N) is 1. The van der Waals surface area contributed by atoms with Gasteiger partial charge in [-0.25, -0.2) is 0 Å². The summed E-state index contributed by atoms with van der Waals surface area (Å²) in [6, 6.07) is 6.87. The van der Waals surface area contributed by atoms with Crippen molar-refractivity contribution in [2.75, 3.05) is 13.2 Å². The molecule has 16 heavy (non-hydrogen) atoms. The molecular formula is C11H13NO3S. The van der Waals surface area contributed by atoms with Crippen molar-refractivity contribution in [2.24, 2.45) is 0 Å². The molecule has 0 spiro atoms. The molecule has 1 aromatic rings. The lowest BCUT2D eigenvalue weighted by Crippen LogP contribution is -2.30. The molecular weight excluding hydrogens is 226 g/mol. The standard InChI is InChI=1S/C11H13NO3S/c1-2-15-10(13)7-12-11(14)8-5-3-4-6-9(8)16/h3-6,16H,2,7H2,1H3,(H,12,14). The highest BCUT2D eigenvalue weighted by Crippen LogP contribution is 2.12. The fourth-order valence-electron chi connectivity index (χ4n) is 1.13. The molecule has 0 heterocycles. The lowest BCUT2D eigenvalue weighted by Gasteiger charge is -2.06. The van der Waals surface area contributed by atoms with Gasteiger partial charge < -0.3 is 10.1 Å². The predicted octanol–water partition coefficient (Wildman–Crippen LogP) is 1.27. The molecule has 0 saturated carbocycles. The Labute approximate surface area is 99.4 Å². The SMILES string of the molecule is CCOC(=O)CNC(=O)c1ccccc1S. The zero-order chi connectivity index (χ0) is 12.0. The van der Waals surface area contributed by atoms with E-state index in [1.54, 1.807) is 31.2 Å². The molecule has 0 radical (unpaired) electrons. The molecule has 4 nitrogen and oxygen atoms in total. The van der Waals surface area contributed by atoms with Crippen LogP contribution in [-0.2, 0) is 9.53 Å². The largest absolute Gasteiger partial charge is 0.465 e. The van der Waals surface area contributed by atoms with Gasteiger partial charge in [-0.05, 0) is 19.1 Å². The van der Waals surface area contributed by atoms with Crippen LogP contribution < -0.4 is 5.32 Å². The zero-order valence-corrected chi connectivity index (χ0v) is 9.79. The van der Waals surface area contributed by atoms with Gasteiger partial charge in [0.1, 0.15) is 6.54 Å². The van der Waals surface area contributed by atoms with Gasteiger partial charge in [0.2, 0.25) is 0 Å². The summed E-state index contributed by atoms with van der Waals surface area (Å²) >= 11 is 4.15. The maximum Gasteiger partial charge on any atom is 0.325 e. The number of esters is 1. The topological polar surface area (TPSA) is 55.4 Å². The Morgan fingerprint density at radius 3 is 2.69 bits per heavy atom. The van der Waals surface area contributed by atoms with E-state index >= 15 is 0 Å². The number of ether oxygens (including phenoxy) is 1. The van der Waals surface area contributed by atoms with Crippen molar-refractivity contribution in [3.8, 4) is 0 Å². The molecule has 0 bridgehead atoms. The average Bonchev–Trinajstić information content (AvgIpc) is 2.27. The molecule has 1 aromatic carbocycles. The van der Waals surface area contributed by atoms with Crippen LogP contribution in [0.4, 0.5) is 0 Å². The van der Waals surface area contributed by atoms with Gasteiger partial charge in [-0.1, -0.05) is 12.1 Å². The molecule has 0 unspecified atom stereocenters. The minimum absolute atomic E-state index is 0.130. The van der Waals surface area contributed by atoms with E-state index in [4.69, 9.17) is 0 Å². The van der Waals surface area contributed by atoms with Crippen LogP contribution in [0.1, 0.15) is 17.3 Å². The van der Waals surface area contributed by atoms with Crippen LogP contribution in [-0.4, -0.2) is 25.0 Å². The summed E-state index contributed by atoms with van der Waals surface area (Å²) in [5.41, 5.74) is 0.440. The molecule has 1 amide bonds. The van der Waals surface area contributed by atoms with Gasteiger partial charge in [0.25, 0.3) is 5.91 Å². The van der Waals surface area contributed by atoms with Crippen LogP contribution in [0.3, 0.4) is 0 Å². The summed E-state index contributed by atoms with van der Waals surface area (Å²) in [4.78, 5) is 23.2. The second-order valence-corrected chi connectivity index (χ2v) is 3.49. The number of amides is 1. The summed E-state index contributed by atoms with van der Waals surface area (Å²) in [5.74, 6) is -0.786. The molecule has 0 aliphatic carbocycles. The molecule has 1 rings (SSSR count). The summed E-state index contributed by atoms with van der Waals surface area (Å²) in [6.07, 6.45) is 0. The first-order valence-corrected chi connectivity index (χ1v) is 5.31. The summed E-state index contributed by atoms with van der Waals surface area (Å²) in [5, 5.41) is 2.46. The van der Waals surface area contributed by atoms with Gasteiger partial charge in [0, 0.05) is 4.90 Å². The lowest BCUT2D eigenvalue weighted by molar-refractivity contribution is -0.141. The van der Waals surface area contributed by atoms with Crippen molar-refractivity contribution in [3.05, 3.63) is 29.8 Å². The average molecular weight is 239 g/mol. The predicted molar refractivity (Wildman–Crippen MR) is 62.7 cm³/mol. The Morgan fingerprint density at radius 1 is 1.38 bits per heavy atom. The maximum absolute atomic E-state index is 11.6. The van der Waals surface area contributed by atoms with E-state index in [0.717, 1.165) is 0 Å². The Morgan fingerprint density at radius 2 is 2.06 bits per heavy atom. The number of hydrogen-bond donors (Lipinski definition) is 2. The minimum atomic E-state index is -0.451. The van der Waals surface area contributed by atoms with Crippen molar-refractivity contribution in [2.45, 2.75) is 11.8 Å². The maximum atomic E-state index is 11.6. The highest BCUT2D eigenvalue weighted by Gasteiger charge is 2.10. The smallest absolute Gasteiger partial charge is 0.325 e. The molecule has 0 atom stereocenters. The van der Waals surface area contributed by atoms with Gasteiger partial charge in [0.05, 0.1) is 12.2 Å². The van der Waals surface area contributed by atoms with Crippen molar-refractivity contribution < 1.29 is 14.3 Å². The van der Waals surface area contributed by atoms with E-state index in [0.29, 0.717) is 17.1 Å². The molecule has 0 fully saturated rings. The number of carbonyl (C=O) groups excluding carboxylic acids is 2. The van der Waals surface area contributed by atoms with Crippen molar-refractivity contribution in [1.82, 2.24) is 5.32 Å². The number of hydrogen-bond acceptors (Lipinski definition) is 4. The van der Waals surface area contributed by atoms with Crippen molar-refractivity contribution >= 4 is 24.5 Å². The minimum Gasteiger partial charge on any atom is -0.465 e. The Hall–Kier alpha value is -1.49. The summed E-state index contributed by atoms with van der Waals surface area (Å²) < 4.78 is 4.69. The van der Waals surface area contributed by atoms with E-state index < -0.39 is 5.97 Å². The highest BCUT2D eigenvalue weighted by atomic mass is 32.1. The third kappa shape index (κ3) is 3.58. The van der Waals surface area contributed by atoms with Gasteiger partial charge >= 0.3 is 5.97 Å². The number of benzene rings is 1. The molecule has 0 aromatic heterocycles. The molecule has 1 N–H and O–H groups in total. The normalized spacial score (nSPS) is 9.62. The van der Waals surface area contributed by atoms with Crippen LogP contribution >= 0.6 is 12.6 Å². The molecule has 86 valence electrons. The van der Waals surface area contributed by atoms with Crippen LogP contribution in [0.15, 0.2) is 29.2 Å².